The number of carbonyl (C=O) groups is 3. The number of benzene rings is 2. The molecule has 0 aliphatic carbocycles. The predicted octanol–water partition coefficient (Wildman–Crippen LogP) is 3.13. The average Bonchev–Trinajstić information content (AvgIpc) is 2.82. The van der Waals surface area contributed by atoms with Crippen molar-refractivity contribution in [3.63, 3.8) is 0 Å². The van der Waals surface area contributed by atoms with E-state index in [2.05, 4.69) is 20.5 Å². The third-order valence-corrected chi connectivity index (χ3v) is 5.16. The van der Waals surface area contributed by atoms with Crippen LogP contribution in [0.2, 0.25) is 5.02 Å². The molecular formula is C25H25ClN4O7. The van der Waals surface area contributed by atoms with Crippen LogP contribution in [0.15, 0.2) is 52.4 Å². The van der Waals surface area contributed by atoms with Gasteiger partial charge in [0.1, 0.15) is 12.3 Å². The number of fused-ring (bicyclic) bond motifs is 1. The summed E-state index contributed by atoms with van der Waals surface area (Å²) in [6.45, 7) is 4.87. The number of aromatic amines is 1. The van der Waals surface area contributed by atoms with Crippen molar-refractivity contribution in [1.82, 2.24) is 9.97 Å². The molecule has 0 spiro atoms. The largest absolute Gasteiger partial charge is 0.462 e. The number of halogens is 1. The number of ether oxygens (including phenoxy) is 3. The number of aryl methyl sites for hydroxylation is 1. The zero-order chi connectivity index (χ0) is 27.1. The molecule has 0 amide bonds. The van der Waals surface area contributed by atoms with Gasteiger partial charge in [0, 0.05) is 25.8 Å². The topological polar surface area (TPSA) is 149 Å². The van der Waals surface area contributed by atoms with Gasteiger partial charge in [-0.2, -0.15) is 5.10 Å². The lowest BCUT2D eigenvalue weighted by Gasteiger charge is -2.26. The van der Waals surface area contributed by atoms with Gasteiger partial charge in [-0.1, -0.05) is 29.3 Å². The molecule has 194 valence electrons. The fraction of sp³-hybridized carbons (Fsp3) is 0.280. The van der Waals surface area contributed by atoms with Crippen molar-refractivity contribution in [2.45, 2.75) is 39.9 Å². The molecule has 0 aliphatic rings. The van der Waals surface area contributed by atoms with E-state index in [9.17, 15) is 19.2 Å². The van der Waals surface area contributed by atoms with Crippen molar-refractivity contribution in [3.05, 3.63) is 69.1 Å². The molecule has 11 nitrogen and oxygen atoms in total. The molecule has 0 aliphatic heterocycles. The number of anilines is 1. The zero-order valence-corrected chi connectivity index (χ0v) is 21.3. The Hall–Kier alpha value is -4.25. The Morgan fingerprint density at radius 1 is 1.03 bits per heavy atom. The third kappa shape index (κ3) is 7.61. The van der Waals surface area contributed by atoms with Crippen LogP contribution in [-0.2, 0) is 28.6 Å². The van der Waals surface area contributed by atoms with Gasteiger partial charge in [-0.3, -0.25) is 24.6 Å². The number of hydrogen-bond acceptors (Lipinski definition) is 10. The molecule has 37 heavy (non-hydrogen) atoms. The van der Waals surface area contributed by atoms with E-state index >= 15 is 0 Å². The summed E-state index contributed by atoms with van der Waals surface area (Å²) in [5.74, 6) is -2.17. The molecule has 12 heteroatoms. The SMILES string of the molecule is CC(=O)OCC(OC(C)=O)C(OC(C)=O)C(=NNc1ccc(C)cc1)c1nc2cc(Cl)ccc2[nH]c1=O. The Morgan fingerprint density at radius 2 is 1.70 bits per heavy atom. The van der Waals surface area contributed by atoms with Gasteiger partial charge in [-0.05, 0) is 37.3 Å². The van der Waals surface area contributed by atoms with E-state index in [-0.39, 0.29) is 11.4 Å². The van der Waals surface area contributed by atoms with E-state index in [1.165, 1.54) is 13.0 Å². The second-order valence-electron chi connectivity index (χ2n) is 8.03. The quantitative estimate of drug-likeness (QED) is 0.185. The molecule has 1 aromatic heterocycles. The summed E-state index contributed by atoms with van der Waals surface area (Å²) in [5, 5.41) is 4.71. The maximum absolute atomic E-state index is 13.1. The number of aromatic nitrogens is 2. The van der Waals surface area contributed by atoms with Crippen LogP contribution in [0.5, 0.6) is 0 Å². The Morgan fingerprint density at radius 3 is 2.32 bits per heavy atom. The number of hydrazone groups is 1. The Balaban J connectivity index is 2.21. The van der Waals surface area contributed by atoms with Crippen molar-refractivity contribution in [2.75, 3.05) is 12.0 Å². The van der Waals surface area contributed by atoms with E-state index in [0.29, 0.717) is 21.7 Å². The highest BCUT2D eigenvalue weighted by atomic mass is 35.5. The first-order valence-corrected chi connectivity index (χ1v) is 11.5. The molecule has 2 unspecified atom stereocenters. The second kappa shape index (κ2) is 12.1. The number of nitrogens with zero attached hydrogens (tertiary/aromatic N) is 2. The van der Waals surface area contributed by atoms with E-state index in [1.54, 1.807) is 24.3 Å². The second-order valence-corrected chi connectivity index (χ2v) is 8.47. The molecule has 0 fully saturated rings. The van der Waals surface area contributed by atoms with Crippen molar-refractivity contribution in [2.24, 2.45) is 5.10 Å². The molecule has 1 heterocycles. The van der Waals surface area contributed by atoms with Crippen molar-refractivity contribution < 1.29 is 28.6 Å². The lowest BCUT2D eigenvalue weighted by molar-refractivity contribution is -0.167. The van der Waals surface area contributed by atoms with Gasteiger partial charge in [0.05, 0.1) is 16.7 Å². The van der Waals surface area contributed by atoms with Crippen molar-refractivity contribution in [3.8, 4) is 0 Å². The molecule has 0 saturated heterocycles. The molecule has 2 aromatic carbocycles. The van der Waals surface area contributed by atoms with Gasteiger partial charge in [0.15, 0.2) is 17.9 Å². The molecule has 0 bridgehead atoms. The number of carbonyl (C=O) groups excluding carboxylic acids is 3. The van der Waals surface area contributed by atoms with Gasteiger partial charge in [0.2, 0.25) is 0 Å². The standard InChI is InChI=1S/C25H25ClN4O7/c1-13-5-8-18(9-6-13)29-30-22(23-25(34)28-19-10-7-17(26)11-20(19)27-23)24(37-16(4)33)21(36-15(3)32)12-35-14(2)31/h5-11,21,24,29H,12H2,1-4H3,(H,28,34). The summed E-state index contributed by atoms with van der Waals surface area (Å²) in [4.78, 5) is 55.7. The average molecular weight is 529 g/mol. The Bertz CT molecular complexity index is 1400. The fourth-order valence-electron chi connectivity index (χ4n) is 3.32. The monoisotopic (exact) mass is 528 g/mol. The first kappa shape index (κ1) is 27.3. The minimum absolute atomic E-state index is 0.183. The van der Waals surface area contributed by atoms with Crippen LogP contribution in [0, 0.1) is 6.92 Å². The first-order chi connectivity index (χ1) is 17.5. The van der Waals surface area contributed by atoms with Crippen LogP contribution >= 0.6 is 11.6 Å². The van der Waals surface area contributed by atoms with Gasteiger partial charge in [0.25, 0.3) is 5.56 Å². The maximum Gasteiger partial charge on any atom is 0.303 e. The molecule has 3 rings (SSSR count). The van der Waals surface area contributed by atoms with Crippen LogP contribution in [0.25, 0.3) is 11.0 Å². The van der Waals surface area contributed by atoms with Crippen LogP contribution in [0.3, 0.4) is 0 Å². The third-order valence-electron chi connectivity index (χ3n) is 4.92. The summed E-state index contributed by atoms with van der Waals surface area (Å²) >= 11 is 6.10. The van der Waals surface area contributed by atoms with Gasteiger partial charge in [-0.15, -0.1) is 0 Å². The van der Waals surface area contributed by atoms with Gasteiger partial charge >= 0.3 is 17.9 Å². The number of hydrogen-bond donors (Lipinski definition) is 2. The summed E-state index contributed by atoms with van der Waals surface area (Å²) in [6, 6.07) is 11.9. The lowest BCUT2D eigenvalue weighted by Crippen LogP contribution is -2.46. The molecule has 2 atom stereocenters. The Kier molecular flexibility index (Phi) is 8.96. The summed E-state index contributed by atoms with van der Waals surface area (Å²) < 4.78 is 15.8. The van der Waals surface area contributed by atoms with Gasteiger partial charge in [-0.25, -0.2) is 4.98 Å². The number of nitrogens with one attached hydrogen (secondary N) is 2. The minimum Gasteiger partial charge on any atom is -0.462 e. The van der Waals surface area contributed by atoms with E-state index < -0.39 is 42.3 Å². The minimum atomic E-state index is -1.48. The molecule has 3 aromatic rings. The number of rotatable bonds is 9. The molecule has 0 radical (unpaired) electrons. The van der Waals surface area contributed by atoms with E-state index in [1.807, 2.05) is 19.1 Å². The summed E-state index contributed by atoms with van der Waals surface area (Å²) in [6.07, 6.45) is -2.83. The lowest BCUT2D eigenvalue weighted by atomic mass is 10.1. The number of esters is 3. The molecular weight excluding hydrogens is 504 g/mol. The highest BCUT2D eigenvalue weighted by molar-refractivity contribution is 6.31. The van der Waals surface area contributed by atoms with E-state index in [4.69, 9.17) is 25.8 Å². The maximum atomic E-state index is 13.1. The Labute approximate surface area is 216 Å². The van der Waals surface area contributed by atoms with Crippen molar-refractivity contribution >= 4 is 51.9 Å². The smallest absolute Gasteiger partial charge is 0.303 e. The first-order valence-electron chi connectivity index (χ1n) is 11.1. The van der Waals surface area contributed by atoms with Crippen LogP contribution in [0.4, 0.5) is 5.69 Å². The molecule has 0 saturated carbocycles. The van der Waals surface area contributed by atoms with E-state index in [0.717, 1.165) is 19.4 Å². The molecule has 2 N–H and O–H groups in total. The normalized spacial score (nSPS) is 12.9. The highest BCUT2D eigenvalue weighted by Gasteiger charge is 2.36. The van der Waals surface area contributed by atoms with Gasteiger partial charge < -0.3 is 19.2 Å². The van der Waals surface area contributed by atoms with Crippen LogP contribution in [0.1, 0.15) is 32.0 Å². The highest BCUT2D eigenvalue weighted by Crippen LogP contribution is 2.18. The van der Waals surface area contributed by atoms with Crippen LogP contribution in [-0.4, -0.2) is 52.4 Å². The predicted molar refractivity (Wildman–Crippen MR) is 136 cm³/mol. The summed E-state index contributed by atoms with van der Waals surface area (Å²) in [7, 11) is 0. The summed E-state index contributed by atoms with van der Waals surface area (Å²) in [5.41, 5.74) is 4.03. The van der Waals surface area contributed by atoms with Crippen molar-refractivity contribution in [1.29, 1.82) is 0 Å². The zero-order valence-electron chi connectivity index (χ0n) is 20.5. The fourth-order valence-corrected chi connectivity index (χ4v) is 3.48. The van der Waals surface area contributed by atoms with Crippen LogP contribution < -0.4 is 11.0 Å². The number of H-pyrrole nitrogens is 1.